The molecular weight excluding hydrogens is 434 g/mol. The molecule has 156 valence electrons. The fourth-order valence-electron chi connectivity index (χ4n) is 2.35. The predicted molar refractivity (Wildman–Crippen MR) is 113 cm³/mol. The third-order valence-electron chi connectivity index (χ3n) is 3.82. The third kappa shape index (κ3) is 5.09. The Morgan fingerprint density at radius 2 is 1.90 bits per heavy atom. The minimum absolute atomic E-state index is 0.00597. The molecule has 0 bridgehead atoms. The van der Waals surface area contributed by atoms with Crippen molar-refractivity contribution in [3.05, 3.63) is 76.0 Å². The number of nitrogens with zero attached hydrogens (tertiary/aromatic N) is 3. The van der Waals surface area contributed by atoms with Crippen molar-refractivity contribution >= 4 is 40.1 Å². The fourth-order valence-corrected chi connectivity index (χ4v) is 3.29. The molecule has 0 saturated heterocycles. The van der Waals surface area contributed by atoms with Crippen LogP contribution < -0.4 is 5.32 Å². The van der Waals surface area contributed by atoms with Crippen molar-refractivity contribution in [2.45, 2.75) is 13.8 Å². The van der Waals surface area contributed by atoms with Crippen molar-refractivity contribution in [2.75, 3.05) is 12.4 Å². The van der Waals surface area contributed by atoms with Gasteiger partial charge in [0, 0.05) is 18.3 Å². The predicted octanol–water partition coefficient (Wildman–Crippen LogP) is 4.35. The summed E-state index contributed by atoms with van der Waals surface area (Å²) in [5, 5.41) is 11.2. The molecule has 10 heteroatoms. The Balaban J connectivity index is 0.00000155. The number of hydrogen-bond acceptors (Lipinski definition) is 3. The highest BCUT2D eigenvalue weighted by atomic mass is 35.5. The van der Waals surface area contributed by atoms with Crippen LogP contribution in [0.1, 0.15) is 25.0 Å². The van der Waals surface area contributed by atoms with E-state index in [0.717, 1.165) is 16.4 Å². The number of carbonyl (C=O) groups excluding carboxylic acids is 1. The van der Waals surface area contributed by atoms with Crippen molar-refractivity contribution in [1.82, 2.24) is 4.31 Å². The Morgan fingerprint density at radius 1 is 1.20 bits per heavy atom. The van der Waals surface area contributed by atoms with Gasteiger partial charge >= 0.3 is 0 Å². The zero-order chi connectivity index (χ0) is 22.4. The maximum Gasteiger partial charge on any atom is 0.272 e. The lowest BCUT2D eigenvalue weighted by Crippen LogP contribution is -2.32. The topological polar surface area (TPSA) is 85.6 Å². The number of carbonyl (C=O) groups is 1. The smallest absolute Gasteiger partial charge is 0.272 e. The number of amides is 1. The van der Waals surface area contributed by atoms with E-state index in [0.29, 0.717) is 0 Å². The normalized spacial score (nSPS) is 15.2. The number of anilines is 1. The van der Waals surface area contributed by atoms with E-state index in [2.05, 4.69) is 9.71 Å². The number of hydrogen-bond donors (Lipinski definition) is 1. The molecule has 2 aromatic carbocycles. The summed E-state index contributed by atoms with van der Waals surface area (Å²) in [4.78, 5) is 12.6. The van der Waals surface area contributed by atoms with E-state index in [4.69, 9.17) is 16.9 Å². The van der Waals surface area contributed by atoms with Gasteiger partial charge in [-0.25, -0.2) is 13.0 Å². The number of allylic oxidation sites excluding steroid dienone is 1. The van der Waals surface area contributed by atoms with Gasteiger partial charge < -0.3 is 5.32 Å². The first kappa shape index (κ1) is 23.2. The average Bonchev–Trinajstić information content (AvgIpc) is 2.74. The van der Waals surface area contributed by atoms with Gasteiger partial charge in [0.25, 0.3) is 5.91 Å². The zero-order valence-electron chi connectivity index (χ0n) is 16.2. The first-order valence-electron chi connectivity index (χ1n) is 8.72. The van der Waals surface area contributed by atoms with E-state index < -0.39 is 28.7 Å². The molecule has 1 atom stereocenters. The first-order valence-corrected chi connectivity index (χ1v) is 10.2. The minimum atomic E-state index is -1.93. The van der Waals surface area contributed by atoms with Crippen molar-refractivity contribution in [2.24, 2.45) is 4.40 Å². The van der Waals surface area contributed by atoms with E-state index in [9.17, 15) is 17.8 Å². The molecule has 0 aliphatic carbocycles. The van der Waals surface area contributed by atoms with Crippen LogP contribution in [-0.2, 0) is 16.0 Å². The minimum Gasteiger partial charge on any atom is -0.321 e. The summed E-state index contributed by atoms with van der Waals surface area (Å²) in [5.74, 6) is -2.03. The Kier molecular flexibility index (Phi) is 7.80. The molecule has 1 amide bonds. The Labute approximate surface area is 180 Å². The second-order valence-electron chi connectivity index (χ2n) is 5.62. The van der Waals surface area contributed by atoms with Crippen LogP contribution in [0.25, 0.3) is 0 Å². The molecular formula is C20H17ClF2N4O2S. The van der Waals surface area contributed by atoms with Crippen LogP contribution in [0.3, 0.4) is 0 Å². The van der Waals surface area contributed by atoms with E-state index in [1.807, 2.05) is 13.8 Å². The molecule has 0 radical (unpaired) electrons. The standard InChI is InChI=1S/C18H11ClF2N4O2S.C2H6/c1-25-17(18(26)23-12-4-5-14(20)13(19)7-12)8-16(24-28(25)27)10-2-3-11(9-22)15(21)6-10;1-2/h2-8H,1H3,(H,23,26);1-2H3. The lowest BCUT2D eigenvalue weighted by molar-refractivity contribution is -0.113. The molecule has 3 rings (SSSR count). The molecule has 1 unspecified atom stereocenters. The zero-order valence-corrected chi connectivity index (χ0v) is 17.8. The highest BCUT2D eigenvalue weighted by molar-refractivity contribution is 7.81. The highest BCUT2D eigenvalue weighted by Gasteiger charge is 2.25. The van der Waals surface area contributed by atoms with Gasteiger partial charge in [0.1, 0.15) is 23.4 Å². The first-order chi connectivity index (χ1) is 14.3. The van der Waals surface area contributed by atoms with Crippen LogP contribution in [0.5, 0.6) is 0 Å². The second-order valence-corrected chi connectivity index (χ2v) is 7.22. The molecule has 2 aromatic rings. The molecule has 1 aliphatic heterocycles. The Morgan fingerprint density at radius 3 is 2.50 bits per heavy atom. The van der Waals surface area contributed by atoms with E-state index in [-0.39, 0.29) is 33.2 Å². The summed E-state index contributed by atoms with van der Waals surface area (Å²) in [6.45, 7) is 4.00. The summed E-state index contributed by atoms with van der Waals surface area (Å²) < 4.78 is 44.5. The van der Waals surface area contributed by atoms with Crippen molar-refractivity contribution in [3.8, 4) is 6.07 Å². The summed E-state index contributed by atoms with van der Waals surface area (Å²) in [6.07, 6.45) is 1.34. The molecule has 1 aliphatic rings. The van der Waals surface area contributed by atoms with Crippen LogP contribution in [-0.4, -0.2) is 27.2 Å². The molecule has 0 spiro atoms. The van der Waals surface area contributed by atoms with Gasteiger partial charge in [-0.05, 0) is 36.4 Å². The number of nitriles is 1. The summed E-state index contributed by atoms with van der Waals surface area (Å²) >= 11 is 3.77. The highest BCUT2D eigenvalue weighted by Crippen LogP contribution is 2.22. The van der Waals surface area contributed by atoms with Crippen LogP contribution in [0.15, 0.2) is 52.6 Å². The van der Waals surface area contributed by atoms with Crippen molar-refractivity contribution < 1.29 is 17.8 Å². The van der Waals surface area contributed by atoms with Crippen molar-refractivity contribution in [1.29, 1.82) is 5.26 Å². The van der Waals surface area contributed by atoms with E-state index in [1.165, 1.54) is 37.4 Å². The van der Waals surface area contributed by atoms with Crippen LogP contribution in [0.2, 0.25) is 5.02 Å². The SMILES string of the molecule is CC.CN1C(C(=O)Nc2ccc(F)c(Cl)c2)=CC(c2ccc(C#N)c(F)c2)=NS1=O. The summed E-state index contributed by atoms with van der Waals surface area (Å²) in [7, 11) is 1.40. The van der Waals surface area contributed by atoms with Crippen LogP contribution in [0.4, 0.5) is 14.5 Å². The molecule has 0 saturated carbocycles. The van der Waals surface area contributed by atoms with Crippen LogP contribution in [0, 0.1) is 23.0 Å². The number of likely N-dealkylation sites (N-methyl/N-ethyl adjacent to an activating group) is 1. The lowest BCUT2D eigenvalue weighted by atomic mass is 10.1. The molecule has 0 fully saturated rings. The average molecular weight is 451 g/mol. The quantitative estimate of drug-likeness (QED) is 0.754. The van der Waals surface area contributed by atoms with Gasteiger partial charge in [0.15, 0.2) is 0 Å². The largest absolute Gasteiger partial charge is 0.321 e. The van der Waals surface area contributed by atoms with Gasteiger partial charge in [-0.15, -0.1) is 0 Å². The number of benzene rings is 2. The van der Waals surface area contributed by atoms with Gasteiger partial charge in [0.05, 0.1) is 16.3 Å². The number of rotatable bonds is 3. The molecule has 6 nitrogen and oxygen atoms in total. The maximum atomic E-state index is 13.9. The van der Waals surface area contributed by atoms with Gasteiger partial charge in [0.2, 0.25) is 11.2 Å². The fraction of sp³-hybridized carbons (Fsp3) is 0.150. The molecule has 1 N–H and O–H groups in total. The molecule has 30 heavy (non-hydrogen) atoms. The number of halogens is 3. The van der Waals surface area contributed by atoms with Gasteiger partial charge in [-0.1, -0.05) is 31.5 Å². The monoisotopic (exact) mass is 450 g/mol. The Hall–Kier alpha value is -3.09. The maximum absolute atomic E-state index is 13.9. The van der Waals surface area contributed by atoms with E-state index >= 15 is 0 Å². The van der Waals surface area contributed by atoms with E-state index in [1.54, 1.807) is 6.07 Å². The van der Waals surface area contributed by atoms with Gasteiger partial charge in [-0.2, -0.15) is 9.66 Å². The van der Waals surface area contributed by atoms with Gasteiger partial charge in [-0.3, -0.25) is 9.10 Å². The lowest BCUT2D eigenvalue weighted by Gasteiger charge is -2.22. The van der Waals surface area contributed by atoms with Crippen molar-refractivity contribution in [3.63, 3.8) is 0 Å². The molecule has 1 heterocycles. The second kappa shape index (κ2) is 10.1. The summed E-state index contributed by atoms with van der Waals surface area (Å²) in [6, 6.07) is 9.14. The third-order valence-corrected chi connectivity index (χ3v) is 5.13. The number of nitrogens with one attached hydrogen (secondary N) is 1. The van der Waals surface area contributed by atoms with Crippen LogP contribution >= 0.6 is 11.6 Å². The summed E-state index contributed by atoms with van der Waals surface area (Å²) in [5.41, 5.74) is 0.460. The molecule has 0 aromatic heterocycles. The Bertz CT molecular complexity index is 1110.